The van der Waals surface area contributed by atoms with Gasteiger partial charge in [-0.25, -0.2) is 4.39 Å². The van der Waals surface area contributed by atoms with Gasteiger partial charge in [-0.2, -0.15) is 0 Å². The summed E-state index contributed by atoms with van der Waals surface area (Å²) < 4.78 is 13.8. The van der Waals surface area contributed by atoms with Gasteiger partial charge in [-0.1, -0.05) is 18.5 Å². The minimum Gasteiger partial charge on any atom is -0.339 e. The number of nitrogens with zero attached hydrogens (tertiary/aromatic N) is 2. The summed E-state index contributed by atoms with van der Waals surface area (Å²) in [5.74, 6) is -0.118. The zero-order valence-corrected chi connectivity index (χ0v) is 13.1. The molecule has 0 N–H and O–H groups in total. The van der Waals surface area contributed by atoms with Crippen LogP contribution >= 0.6 is 11.6 Å². The van der Waals surface area contributed by atoms with E-state index in [-0.39, 0.29) is 28.3 Å². The van der Waals surface area contributed by atoms with Gasteiger partial charge in [-0.3, -0.25) is 9.59 Å². The second-order valence-corrected chi connectivity index (χ2v) is 6.50. The van der Waals surface area contributed by atoms with Gasteiger partial charge in [-0.15, -0.1) is 0 Å². The summed E-state index contributed by atoms with van der Waals surface area (Å²) in [6.45, 7) is 3.99. The van der Waals surface area contributed by atoms with E-state index in [9.17, 15) is 14.0 Å². The number of rotatable bonds is 2. The fraction of sp³-hybridized carbons (Fsp3) is 0.500. The largest absolute Gasteiger partial charge is 0.339 e. The Morgan fingerprint density at radius 3 is 2.32 bits per heavy atom. The highest BCUT2D eigenvalue weighted by atomic mass is 35.5. The van der Waals surface area contributed by atoms with E-state index in [1.807, 2.05) is 4.90 Å². The summed E-state index contributed by atoms with van der Waals surface area (Å²) in [6, 6.07) is 4.05. The zero-order valence-electron chi connectivity index (χ0n) is 12.4. The molecule has 6 heteroatoms. The Balaban J connectivity index is 1.61. The van der Waals surface area contributed by atoms with E-state index in [1.165, 1.54) is 12.1 Å². The number of amides is 2. The lowest BCUT2D eigenvalue weighted by Gasteiger charge is -2.35. The van der Waals surface area contributed by atoms with Crippen LogP contribution in [0.4, 0.5) is 4.39 Å². The van der Waals surface area contributed by atoms with Crippen LogP contribution in [0.15, 0.2) is 18.2 Å². The van der Waals surface area contributed by atoms with E-state index in [2.05, 4.69) is 6.92 Å². The third-order valence-electron chi connectivity index (χ3n) is 4.47. The molecule has 2 fully saturated rings. The summed E-state index contributed by atoms with van der Waals surface area (Å²) in [5.41, 5.74) is 0.0278. The molecule has 1 aromatic carbocycles. The predicted octanol–water partition coefficient (Wildman–Crippen LogP) is 2.42. The topological polar surface area (TPSA) is 40.6 Å². The Bertz CT molecular complexity index is 614. The van der Waals surface area contributed by atoms with Gasteiger partial charge in [0.1, 0.15) is 5.82 Å². The van der Waals surface area contributed by atoms with Crippen LogP contribution in [0.5, 0.6) is 0 Å². The molecule has 4 nitrogen and oxygen atoms in total. The van der Waals surface area contributed by atoms with Crippen molar-refractivity contribution in [3.63, 3.8) is 0 Å². The molecule has 0 unspecified atom stereocenters. The van der Waals surface area contributed by atoms with Crippen LogP contribution in [0.1, 0.15) is 23.7 Å². The maximum atomic E-state index is 13.8. The average Bonchev–Trinajstić information content (AvgIpc) is 3.23. The van der Waals surface area contributed by atoms with Crippen molar-refractivity contribution in [1.82, 2.24) is 9.80 Å². The van der Waals surface area contributed by atoms with E-state index < -0.39 is 5.82 Å². The molecule has 22 heavy (non-hydrogen) atoms. The van der Waals surface area contributed by atoms with Gasteiger partial charge in [-0.05, 0) is 30.5 Å². The van der Waals surface area contributed by atoms with Gasteiger partial charge in [0.15, 0.2) is 0 Å². The molecule has 1 saturated carbocycles. The summed E-state index contributed by atoms with van der Waals surface area (Å²) in [4.78, 5) is 27.9. The van der Waals surface area contributed by atoms with Gasteiger partial charge < -0.3 is 9.80 Å². The number of piperazine rings is 1. The quantitative estimate of drug-likeness (QED) is 0.838. The molecule has 1 saturated heterocycles. The number of benzene rings is 1. The monoisotopic (exact) mass is 324 g/mol. The van der Waals surface area contributed by atoms with Crippen LogP contribution in [0, 0.1) is 17.7 Å². The minimum absolute atomic E-state index is 0.0278. The van der Waals surface area contributed by atoms with Gasteiger partial charge in [0, 0.05) is 37.1 Å². The summed E-state index contributed by atoms with van der Waals surface area (Å²) >= 11 is 5.70. The normalized spacial score (nSPS) is 24.3. The zero-order chi connectivity index (χ0) is 15.9. The number of carbonyl (C=O) groups is 2. The van der Waals surface area contributed by atoms with Crippen molar-refractivity contribution in [2.75, 3.05) is 26.2 Å². The fourth-order valence-corrected chi connectivity index (χ4v) is 3.02. The van der Waals surface area contributed by atoms with Crippen molar-refractivity contribution < 1.29 is 14.0 Å². The Morgan fingerprint density at radius 1 is 1.18 bits per heavy atom. The van der Waals surface area contributed by atoms with Gasteiger partial charge >= 0.3 is 0 Å². The standard InChI is InChI=1S/C16H18ClFN2O2/c1-10-8-13(10)16(22)20-6-4-19(5-7-20)15(21)12-3-2-11(17)9-14(12)18/h2-3,9-10,13H,4-8H2,1H3/t10-,13-/m0/s1. The van der Waals surface area contributed by atoms with Gasteiger partial charge in [0.25, 0.3) is 5.91 Å². The van der Waals surface area contributed by atoms with Crippen molar-refractivity contribution in [3.05, 3.63) is 34.6 Å². The molecular formula is C16H18ClFN2O2. The van der Waals surface area contributed by atoms with Crippen molar-refractivity contribution >= 4 is 23.4 Å². The molecule has 0 spiro atoms. The first-order valence-corrected chi connectivity index (χ1v) is 7.88. The molecule has 118 valence electrons. The molecule has 0 aromatic heterocycles. The van der Waals surface area contributed by atoms with Crippen LogP contribution in [-0.4, -0.2) is 47.8 Å². The Kier molecular flexibility index (Phi) is 4.08. The third kappa shape index (κ3) is 2.95. The first-order valence-electron chi connectivity index (χ1n) is 7.50. The highest BCUT2D eigenvalue weighted by Crippen LogP contribution is 2.39. The lowest BCUT2D eigenvalue weighted by Crippen LogP contribution is -2.51. The second kappa shape index (κ2) is 5.88. The van der Waals surface area contributed by atoms with Crippen LogP contribution in [0.2, 0.25) is 5.02 Å². The molecule has 0 radical (unpaired) electrons. The molecule has 2 aliphatic rings. The Hall–Kier alpha value is -1.62. The maximum Gasteiger partial charge on any atom is 0.256 e. The van der Waals surface area contributed by atoms with E-state index in [0.29, 0.717) is 32.1 Å². The summed E-state index contributed by atoms with van der Waals surface area (Å²) in [5, 5.41) is 0.267. The summed E-state index contributed by atoms with van der Waals surface area (Å²) in [7, 11) is 0. The first kappa shape index (κ1) is 15.3. The summed E-state index contributed by atoms with van der Waals surface area (Å²) in [6.07, 6.45) is 0.966. The van der Waals surface area contributed by atoms with Crippen molar-refractivity contribution in [2.24, 2.45) is 11.8 Å². The molecule has 2 atom stereocenters. The number of carbonyl (C=O) groups excluding carboxylic acids is 2. The van der Waals surface area contributed by atoms with Crippen LogP contribution in [0.3, 0.4) is 0 Å². The van der Waals surface area contributed by atoms with Crippen molar-refractivity contribution in [3.8, 4) is 0 Å². The number of hydrogen-bond acceptors (Lipinski definition) is 2. The molecule has 1 heterocycles. The second-order valence-electron chi connectivity index (χ2n) is 6.06. The first-order chi connectivity index (χ1) is 10.5. The molecule has 2 amide bonds. The highest BCUT2D eigenvalue weighted by Gasteiger charge is 2.42. The number of hydrogen-bond donors (Lipinski definition) is 0. The SMILES string of the molecule is C[C@H]1C[C@@H]1C(=O)N1CCN(C(=O)c2ccc(Cl)cc2F)CC1. The molecule has 1 aliphatic carbocycles. The van der Waals surface area contributed by atoms with Gasteiger partial charge in [0.05, 0.1) is 5.56 Å². The number of halogens is 2. The van der Waals surface area contributed by atoms with E-state index in [1.54, 1.807) is 4.90 Å². The minimum atomic E-state index is -0.609. The Morgan fingerprint density at radius 2 is 1.77 bits per heavy atom. The lowest BCUT2D eigenvalue weighted by molar-refractivity contribution is -0.134. The highest BCUT2D eigenvalue weighted by molar-refractivity contribution is 6.30. The predicted molar refractivity (Wildman–Crippen MR) is 81.2 cm³/mol. The Labute approximate surface area is 133 Å². The molecule has 1 aromatic rings. The van der Waals surface area contributed by atoms with Crippen LogP contribution in [-0.2, 0) is 4.79 Å². The van der Waals surface area contributed by atoms with Crippen molar-refractivity contribution in [2.45, 2.75) is 13.3 Å². The maximum absolute atomic E-state index is 13.8. The van der Waals surface area contributed by atoms with Gasteiger partial charge in [0.2, 0.25) is 5.91 Å². The smallest absolute Gasteiger partial charge is 0.256 e. The van der Waals surface area contributed by atoms with Crippen LogP contribution in [0.25, 0.3) is 0 Å². The molecule has 0 bridgehead atoms. The van der Waals surface area contributed by atoms with E-state index >= 15 is 0 Å². The van der Waals surface area contributed by atoms with Crippen molar-refractivity contribution in [1.29, 1.82) is 0 Å². The van der Waals surface area contributed by atoms with Crippen LogP contribution < -0.4 is 0 Å². The molecule has 1 aliphatic heterocycles. The van der Waals surface area contributed by atoms with E-state index in [0.717, 1.165) is 12.5 Å². The lowest BCUT2D eigenvalue weighted by atomic mass is 10.1. The fourth-order valence-electron chi connectivity index (χ4n) is 2.86. The average molecular weight is 325 g/mol. The third-order valence-corrected chi connectivity index (χ3v) is 4.70. The van der Waals surface area contributed by atoms with E-state index in [4.69, 9.17) is 11.6 Å². The molecule has 3 rings (SSSR count). The molecular weight excluding hydrogens is 307 g/mol.